The zero-order valence-electron chi connectivity index (χ0n) is 14.0. The maximum absolute atomic E-state index is 10.2. The fourth-order valence-electron chi connectivity index (χ4n) is 2.88. The van der Waals surface area contributed by atoms with Gasteiger partial charge in [0, 0.05) is 12.6 Å². The number of aliphatic hydroxyl groups excluding tert-OH is 1. The number of carboxylic acid groups (broad SMARTS) is 1. The lowest BCUT2D eigenvalue weighted by Crippen LogP contribution is -2.39. The molecule has 1 saturated heterocycles. The predicted octanol–water partition coefficient (Wildman–Crippen LogP) is 3.83. The second-order valence-electron chi connectivity index (χ2n) is 5.72. The number of hydrogen-bond acceptors (Lipinski definition) is 3. The average Bonchev–Trinajstić information content (AvgIpc) is 2.56. The van der Waals surface area contributed by atoms with E-state index in [1.807, 2.05) is 0 Å². The summed E-state index contributed by atoms with van der Waals surface area (Å²) in [4.78, 5) is 12.8. The number of carbonyl (C=O) groups is 1. The molecule has 4 nitrogen and oxygen atoms in total. The largest absolute Gasteiger partial charge is 0.478 e. The third kappa shape index (κ3) is 8.94. The second kappa shape index (κ2) is 13.3. The summed E-state index contributed by atoms with van der Waals surface area (Å²) in [7, 11) is 0. The monoisotopic (exact) mass is 343 g/mol. The van der Waals surface area contributed by atoms with Crippen LogP contribution in [0.4, 0.5) is 0 Å². The zero-order valence-corrected chi connectivity index (χ0v) is 14.8. The molecule has 0 amide bonds. The summed E-state index contributed by atoms with van der Waals surface area (Å²) >= 11 is 0. The summed E-state index contributed by atoms with van der Waals surface area (Å²) in [6, 6.07) is 9.06. The third-order valence-corrected chi connectivity index (χ3v) is 3.98. The number of aliphatic hydroxyl groups is 1. The quantitative estimate of drug-likeness (QED) is 0.824. The average molecular weight is 344 g/mol. The number of likely N-dealkylation sites (tertiary alicyclic amines) is 1. The molecule has 1 atom stereocenters. The van der Waals surface area contributed by atoms with E-state index in [-0.39, 0.29) is 12.4 Å². The Kier molecular flexibility index (Phi) is 12.7. The van der Waals surface area contributed by atoms with Crippen LogP contribution < -0.4 is 0 Å². The number of piperidine rings is 1. The van der Waals surface area contributed by atoms with Crippen molar-refractivity contribution in [2.24, 2.45) is 0 Å². The van der Waals surface area contributed by atoms with E-state index in [9.17, 15) is 4.79 Å². The molecule has 0 bridgehead atoms. The molecule has 2 rings (SSSR count). The summed E-state index contributed by atoms with van der Waals surface area (Å²) < 4.78 is 0. The Morgan fingerprint density at radius 2 is 1.96 bits per heavy atom. The van der Waals surface area contributed by atoms with Gasteiger partial charge in [0.2, 0.25) is 0 Å². The summed E-state index contributed by atoms with van der Waals surface area (Å²) in [5.74, 6) is -0.879. The molecule has 0 aliphatic carbocycles. The highest BCUT2D eigenvalue weighted by molar-refractivity contribution is 5.87. The molecule has 1 unspecified atom stereocenters. The first-order valence-corrected chi connectivity index (χ1v) is 8.32. The molecule has 2 N–H and O–H groups in total. The van der Waals surface area contributed by atoms with Gasteiger partial charge in [0.15, 0.2) is 0 Å². The summed E-state index contributed by atoms with van der Waals surface area (Å²) in [5, 5.41) is 17.2. The van der Waals surface area contributed by atoms with E-state index in [0.717, 1.165) is 12.5 Å². The van der Waals surface area contributed by atoms with Crippen LogP contribution in [-0.4, -0.2) is 46.8 Å². The van der Waals surface area contributed by atoms with Gasteiger partial charge in [0.1, 0.15) is 0 Å². The summed E-state index contributed by atoms with van der Waals surface area (Å²) in [6.45, 7) is 5.13. The van der Waals surface area contributed by atoms with E-state index in [4.69, 9.17) is 10.2 Å². The summed E-state index contributed by atoms with van der Waals surface area (Å²) in [5.41, 5.74) is 0.331. The highest BCUT2D eigenvalue weighted by atomic mass is 35.5. The Morgan fingerprint density at radius 1 is 1.26 bits per heavy atom. The normalized spacial score (nSPS) is 17.6. The summed E-state index contributed by atoms with van der Waals surface area (Å²) in [6.07, 6.45) is 7.53. The Balaban J connectivity index is 0.000000427. The van der Waals surface area contributed by atoms with Gasteiger partial charge in [-0.25, -0.2) is 4.79 Å². The van der Waals surface area contributed by atoms with Gasteiger partial charge in [0.05, 0.1) is 5.56 Å². The molecule has 1 aromatic carbocycles. The fourth-order valence-corrected chi connectivity index (χ4v) is 2.88. The number of aromatic carboxylic acids is 1. The van der Waals surface area contributed by atoms with Crippen molar-refractivity contribution < 1.29 is 15.0 Å². The van der Waals surface area contributed by atoms with E-state index in [2.05, 4.69) is 11.8 Å². The van der Waals surface area contributed by atoms with Gasteiger partial charge in [-0.15, -0.1) is 12.4 Å². The molecule has 0 spiro atoms. The Bertz CT molecular complexity index is 412. The second-order valence-corrected chi connectivity index (χ2v) is 5.72. The van der Waals surface area contributed by atoms with Crippen molar-refractivity contribution in [3.8, 4) is 0 Å². The molecule has 1 aliphatic rings. The number of nitrogens with zero attached hydrogens (tertiary/aromatic N) is 1. The third-order valence-electron chi connectivity index (χ3n) is 3.98. The lowest BCUT2D eigenvalue weighted by molar-refractivity contribution is 0.0697. The lowest BCUT2D eigenvalue weighted by atomic mass is 9.98. The van der Waals surface area contributed by atoms with Crippen LogP contribution in [-0.2, 0) is 0 Å². The first kappa shape index (κ1) is 21.9. The minimum absolute atomic E-state index is 0. The minimum Gasteiger partial charge on any atom is -0.478 e. The molecule has 0 aromatic heterocycles. The molecule has 5 heteroatoms. The van der Waals surface area contributed by atoms with E-state index >= 15 is 0 Å². The SMILES string of the molecule is CCCN1CCCCC1CCCO.Cl.O=C(O)c1ccccc1. The van der Waals surface area contributed by atoms with Crippen LogP contribution in [0.5, 0.6) is 0 Å². The van der Waals surface area contributed by atoms with Gasteiger partial charge in [-0.1, -0.05) is 31.5 Å². The molecule has 0 radical (unpaired) electrons. The number of halogens is 1. The van der Waals surface area contributed by atoms with E-state index in [0.29, 0.717) is 12.2 Å². The van der Waals surface area contributed by atoms with Gasteiger partial charge in [0.25, 0.3) is 0 Å². The Labute approximate surface area is 145 Å². The molecular weight excluding hydrogens is 314 g/mol. The minimum atomic E-state index is -0.879. The molecule has 132 valence electrons. The van der Waals surface area contributed by atoms with E-state index < -0.39 is 5.97 Å². The van der Waals surface area contributed by atoms with Gasteiger partial charge >= 0.3 is 5.97 Å². The van der Waals surface area contributed by atoms with Crippen LogP contribution in [0, 0.1) is 0 Å². The van der Waals surface area contributed by atoms with Crippen LogP contribution in [0.3, 0.4) is 0 Å². The maximum Gasteiger partial charge on any atom is 0.335 e. The Hall–Kier alpha value is -1.10. The molecular formula is C18H30ClNO3. The molecule has 1 aliphatic heterocycles. The highest BCUT2D eigenvalue weighted by Gasteiger charge is 2.20. The number of rotatable bonds is 6. The van der Waals surface area contributed by atoms with E-state index in [1.165, 1.54) is 45.2 Å². The fraction of sp³-hybridized carbons (Fsp3) is 0.611. The van der Waals surface area contributed by atoms with Crippen molar-refractivity contribution in [2.45, 2.75) is 51.5 Å². The van der Waals surface area contributed by atoms with Crippen molar-refractivity contribution in [2.75, 3.05) is 19.7 Å². The van der Waals surface area contributed by atoms with Gasteiger partial charge < -0.3 is 15.1 Å². The van der Waals surface area contributed by atoms with E-state index in [1.54, 1.807) is 30.3 Å². The van der Waals surface area contributed by atoms with Crippen molar-refractivity contribution >= 4 is 18.4 Å². The first-order chi connectivity index (χ1) is 10.7. The van der Waals surface area contributed by atoms with Crippen molar-refractivity contribution in [1.82, 2.24) is 4.90 Å². The first-order valence-electron chi connectivity index (χ1n) is 8.32. The molecule has 1 aromatic rings. The molecule has 23 heavy (non-hydrogen) atoms. The van der Waals surface area contributed by atoms with Gasteiger partial charge in [-0.05, 0) is 57.3 Å². The van der Waals surface area contributed by atoms with Crippen molar-refractivity contribution in [3.63, 3.8) is 0 Å². The van der Waals surface area contributed by atoms with Crippen LogP contribution in [0.15, 0.2) is 30.3 Å². The molecule has 1 fully saturated rings. The van der Waals surface area contributed by atoms with Gasteiger partial charge in [-0.3, -0.25) is 0 Å². The number of carboxylic acids is 1. The predicted molar refractivity (Wildman–Crippen MR) is 96.5 cm³/mol. The van der Waals surface area contributed by atoms with Crippen LogP contribution in [0.25, 0.3) is 0 Å². The lowest BCUT2D eigenvalue weighted by Gasteiger charge is -2.35. The van der Waals surface area contributed by atoms with Crippen LogP contribution in [0.2, 0.25) is 0 Å². The van der Waals surface area contributed by atoms with Gasteiger partial charge in [-0.2, -0.15) is 0 Å². The highest BCUT2D eigenvalue weighted by Crippen LogP contribution is 2.20. The number of benzene rings is 1. The van der Waals surface area contributed by atoms with Crippen molar-refractivity contribution in [3.05, 3.63) is 35.9 Å². The smallest absolute Gasteiger partial charge is 0.335 e. The maximum atomic E-state index is 10.2. The Morgan fingerprint density at radius 3 is 2.48 bits per heavy atom. The zero-order chi connectivity index (χ0) is 16.2. The molecule has 0 saturated carbocycles. The molecule has 1 heterocycles. The number of hydrogen-bond donors (Lipinski definition) is 2. The van der Waals surface area contributed by atoms with Crippen molar-refractivity contribution in [1.29, 1.82) is 0 Å². The van der Waals surface area contributed by atoms with Crippen LogP contribution >= 0.6 is 12.4 Å². The van der Waals surface area contributed by atoms with Crippen LogP contribution in [0.1, 0.15) is 55.8 Å². The standard InChI is InChI=1S/C11H23NO.C7H6O2.ClH/c1-2-8-12-9-4-3-6-11(12)7-5-10-13;8-7(9)6-4-2-1-3-5-6;/h11,13H,2-10H2,1H3;1-5H,(H,8,9);1H. The topological polar surface area (TPSA) is 60.8 Å².